The van der Waals surface area contributed by atoms with Crippen molar-refractivity contribution < 1.29 is 35.5 Å². The molecule has 42 heavy (non-hydrogen) atoms. The van der Waals surface area contributed by atoms with E-state index in [-0.39, 0.29) is 35.7 Å². The number of rotatable bonds is 10. The molecule has 2 aromatic heterocycles. The van der Waals surface area contributed by atoms with Crippen LogP contribution in [-0.2, 0) is 27.4 Å². The summed E-state index contributed by atoms with van der Waals surface area (Å²) in [6.07, 6.45) is -5.36. The maximum absolute atomic E-state index is 13.6. The van der Waals surface area contributed by atoms with Gasteiger partial charge in [-0.1, -0.05) is 24.3 Å². The lowest BCUT2D eigenvalue weighted by molar-refractivity contribution is -0.141. The van der Waals surface area contributed by atoms with Crippen LogP contribution in [0.15, 0.2) is 59.8 Å². The number of aryl methyl sites for hydroxylation is 1. The van der Waals surface area contributed by atoms with Crippen molar-refractivity contribution in [1.29, 1.82) is 0 Å². The molecule has 222 valence electrons. The number of nitrogens with one attached hydrogen (secondary N) is 1. The van der Waals surface area contributed by atoms with E-state index in [1.165, 1.54) is 31.4 Å². The third-order valence-corrected chi connectivity index (χ3v) is 7.93. The minimum absolute atomic E-state index is 0.162. The summed E-state index contributed by atoms with van der Waals surface area (Å²) in [5, 5.41) is 6.14. The van der Waals surface area contributed by atoms with Gasteiger partial charge >= 0.3 is 6.18 Å². The molecule has 1 N–H and O–H groups in total. The molecule has 0 bridgehead atoms. The van der Waals surface area contributed by atoms with Gasteiger partial charge in [0.05, 0.1) is 42.2 Å². The van der Waals surface area contributed by atoms with Crippen LogP contribution < -0.4 is 10.1 Å². The van der Waals surface area contributed by atoms with Crippen LogP contribution in [0.5, 0.6) is 5.75 Å². The number of carbonyl (C=O) groups is 1. The molecule has 0 unspecified atom stereocenters. The Labute approximate surface area is 239 Å². The normalized spacial score (nSPS) is 11.9. The number of halogens is 4. The zero-order valence-electron chi connectivity index (χ0n) is 22.9. The molecule has 2 aromatic carbocycles. The molecule has 0 aliphatic heterocycles. The largest absolute Gasteiger partial charge is 0.496 e. The molecule has 0 aliphatic carbocycles. The molecule has 0 saturated carbocycles. The molecular weight excluding hydrogens is 578 g/mol. The highest BCUT2D eigenvalue weighted by molar-refractivity contribution is 7.91. The molecule has 4 rings (SSSR count). The first-order valence-corrected chi connectivity index (χ1v) is 14.3. The van der Waals surface area contributed by atoms with Gasteiger partial charge in [0.15, 0.2) is 0 Å². The van der Waals surface area contributed by atoms with Crippen molar-refractivity contribution in [1.82, 2.24) is 19.7 Å². The number of anilines is 1. The van der Waals surface area contributed by atoms with Crippen LogP contribution in [0.4, 0.5) is 23.2 Å². The highest BCUT2D eigenvalue weighted by atomic mass is 32.2. The number of carbonyl (C=O) groups excluding carboxylic acids is 1. The van der Waals surface area contributed by atoms with E-state index in [1.54, 1.807) is 42.8 Å². The van der Waals surface area contributed by atoms with E-state index in [2.05, 4.69) is 20.4 Å². The fraction of sp³-hybridized carbons (Fsp3) is 0.286. The van der Waals surface area contributed by atoms with Crippen molar-refractivity contribution in [3.63, 3.8) is 0 Å². The maximum Gasteiger partial charge on any atom is 0.433 e. The summed E-state index contributed by atoms with van der Waals surface area (Å²) >= 11 is 0. The molecule has 2 heterocycles. The number of nitrogens with zero attached hydrogens (tertiary/aromatic N) is 4. The van der Waals surface area contributed by atoms with Crippen LogP contribution >= 0.6 is 0 Å². The molecule has 0 atom stereocenters. The third kappa shape index (κ3) is 7.11. The number of ether oxygens (including phenoxy) is 1. The summed E-state index contributed by atoms with van der Waals surface area (Å²) in [6, 6.07) is 12.7. The maximum atomic E-state index is 13.6. The van der Waals surface area contributed by atoms with E-state index in [0.717, 1.165) is 5.56 Å². The number of aromatic nitrogens is 4. The smallest absolute Gasteiger partial charge is 0.433 e. The van der Waals surface area contributed by atoms with Gasteiger partial charge in [-0.3, -0.25) is 9.48 Å². The second kappa shape index (κ2) is 12.3. The van der Waals surface area contributed by atoms with E-state index in [4.69, 9.17) is 4.74 Å². The molecule has 14 heteroatoms. The lowest BCUT2D eigenvalue weighted by Crippen LogP contribution is -2.18. The minimum atomic E-state index is -4.93. The van der Waals surface area contributed by atoms with Crippen molar-refractivity contribution in [2.45, 2.75) is 44.6 Å². The van der Waals surface area contributed by atoms with Crippen LogP contribution in [0.3, 0.4) is 0 Å². The first-order valence-electron chi connectivity index (χ1n) is 12.7. The summed E-state index contributed by atoms with van der Waals surface area (Å²) in [5.41, 5.74) is 0.890. The standard InChI is InChI=1S/C28H27F4N5O4S/c1-17-26(18(2)37(36-17)16-19-10-12-20(29)13-11-19)35-25(38)9-6-14-42(39,40)27-33-22(15-24(34-27)28(30,31)32)21-7-4-5-8-23(21)41-3/h4-5,7-8,10-13,15H,6,9,14,16H2,1-3H3,(H,35,38). The fourth-order valence-corrected chi connectivity index (χ4v) is 5.40. The molecule has 1 amide bonds. The Bertz CT molecular complexity index is 1700. The molecule has 0 radical (unpaired) electrons. The number of benzene rings is 2. The number of methoxy groups -OCH3 is 1. The summed E-state index contributed by atoms with van der Waals surface area (Å²) in [4.78, 5) is 19.9. The fourth-order valence-electron chi connectivity index (χ4n) is 4.21. The molecule has 0 fully saturated rings. The van der Waals surface area contributed by atoms with Gasteiger partial charge in [-0.2, -0.15) is 18.3 Å². The number of para-hydroxylation sites is 1. The van der Waals surface area contributed by atoms with Crippen LogP contribution in [-0.4, -0.2) is 46.9 Å². The Balaban J connectivity index is 1.47. The van der Waals surface area contributed by atoms with E-state index < -0.39 is 38.5 Å². The van der Waals surface area contributed by atoms with E-state index in [9.17, 15) is 30.8 Å². The Morgan fingerprint density at radius 2 is 1.74 bits per heavy atom. The molecule has 0 aliphatic rings. The molecule has 4 aromatic rings. The zero-order chi connectivity index (χ0) is 30.7. The van der Waals surface area contributed by atoms with Gasteiger partial charge in [0, 0.05) is 12.0 Å². The average Bonchev–Trinajstić information content (AvgIpc) is 3.20. The lowest BCUT2D eigenvalue weighted by Gasteiger charge is -2.13. The molecule has 0 saturated heterocycles. The topological polar surface area (TPSA) is 116 Å². The Hall–Kier alpha value is -4.33. The van der Waals surface area contributed by atoms with Crippen molar-refractivity contribution in [3.8, 4) is 17.0 Å². The Kier molecular flexibility index (Phi) is 8.95. The van der Waals surface area contributed by atoms with E-state index in [0.29, 0.717) is 29.7 Å². The van der Waals surface area contributed by atoms with Gasteiger partial charge in [-0.25, -0.2) is 22.8 Å². The van der Waals surface area contributed by atoms with Gasteiger partial charge in [-0.05, 0) is 56.2 Å². The first kappa shape index (κ1) is 30.6. The van der Waals surface area contributed by atoms with Gasteiger partial charge in [-0.15, -0.1) is 0 Å². The van der Waals surface area contributed by atoms with Crippen molar-refractivity contribution in [2.75, 3.05) is 18.2 Å². The number of amides is 1. The number of alkyl halides is 3. The van der Waals surface area contributed by atoms with Crippen molar-refractivity contribution >= 4 is 21.4 Å². The quantitative estimate of drug-likeness (QED) is 0.191. The SMILES string of the molecule is COc1ccccc1-c1cc(C(F)(F)F)nc(S(=O)(=O)CCCC(=O)Nc2c(C)nn(Cc3ccc(F)cc3)c2C)n1. The van der Waals surface area contributed by atoms with Crippen LogP contribution in [0.2, 0.25) is 0 Å². The molecule has 0 spiro atoms. The van der Waals surface area contributed by atoms with Gasteiger partial charge in [0.25, 0.3) is 0 Å². The second-order valence-electron chi connectivity index (χ2n) is 9.42. The summed E-state index contributed by atoms with van der Waals surface area (Å²) < 4.78 is 86.9. The predicted octanol–water partition coefficient (Wildman–Crippen LogP) is 5.36. The van der Waals surface area contributed by atoms with Crippen LogP contribution in [0, 0.1) is 19.7 Å². The summed E-state index contributed by atoms with van der Waals surface area (Å²) in [6.45, 7) is 3.78. The molecule has 9 nitrogen and oxygen atoms in total. The third-order valence-electron chi connectivity index (χ3n) is 6.37. The summed E-state index contributed by atoms with van der Waals surface area (Å²) in [7, 11) is -3.07. The lowest BCUT2D eigenvalue weighted by atomic mass is 10.1. The highest BCUT2D eigenvalue weighted by Crippen LogP contribution is 2.34. The number of sulfone groups is 1. The zero-order valence-corrected chi connectivity index (χ0v) is 23.7. The van der Waals surface area contributed by atoms with Crippen molar-refractivity contribution in [2.24, 2.45) is 0 Å². The summed E-state index contributed by atoms with van der Waals surface area (Å²) in [5.74, 6) is -1.32. The Morgan fingerprint density at radius 1 is 1.05 bits per heavy atom. The highest BCUT2D eigenvalue weighted by Gasteiger charge is 2.35. The minimum Gasteiger partial charge on any atom is -0.496 e. The van der Waals surface area contributed by atoms with Crippen LogP contribution in [0.1, 0.15) is 35.5 Å². The monoisotopic (exact) mass is 605 g/mol. The van der Waals surface area contributed by atoms with E-state index >= 15 is 0 Å². The van der Waals surface area contributed by atoms with Gasteiger partial charge in [0.2, 0.25) is 20.9 Å². The Morgan fingerprint density at radius 3 is 2.40 bits per heavy atom. The average molecular weight is 606 g/mol. The predicted molar refractivity (Wildman–Crippen MR) is 146 cm³/mol. The van der Waals surface area contributed by atoms with Crippen molar-refractivity contribution in [3.05, 3.63) is 83.1 Å². The number of hydrogen-bond donors (Lipinski definition) is 1. The number of hydrogen-bond acceptors (Lipinski definition) is 7. The van der Waals surface area contributed by atoms with Gasteiger partial charge < -0.3 is 10.1 Å². The molecular formula is C28H27F4N5O4S. The second-order valence-corrected chi connectivity index (χ2v) is 11.4. The van der Waals surface area contributed by atoms with Gasteiger partial charge in [0.1, 0.15) is 17.3 Å². The first-order chi connectivity index (χ1) is 19.8. The van der Waals surface area contributed by atoms with Crippen LogP contribution in [0.25, 0.3) is 11.3 Å². The van der Waals surface area contributed by atoms with E-state index in [1.807, 2.05) is 0 Å².